The Morgan fingerprint density at radius 2 is 1.82 bits per heavy atom. The molecule has 0 aliphatic rings. The second-order valence-corrected chi connectivity index (χ2v) is 4.14. The standard InChI is InChI=1S/C12H9N3O7/c16-12(17)7-4-9(14(18)19)11(10(5-7)15(20)21)13-6-8-2-1-3-22-8/h1-5,13H,6H2,(H,16,17). The smallest absolute Gasteiger partial charge is 0.336 e. The fraction of sp³-hybridized carbons (Fsp3) is 0.0833. The molecule has 2 N–H and O–H groups in total. The van der Waals surface area contributed by atoms with E-state index in [9.17, 15) is 25.0 Å². The normalized spacial score (nSPS) is 10.2. The molecule has 0 aliphatic heterocycles. The number of carbonyl (C=O) groups is 1. The number of rotatable bonds is 6. The lowest BCUT2D eigenvalue weighted by molar-refractivity contribution is -0.392. The van der Waals surface area contributed by atoms with Crippen molar-refractivity contribution in [2.75, 3.05) is 5.32 Å². The van der Waals surface area contributed by atoms with E-state index in [1.165, 1.54) is 6.26 Å². The minimum atomic E-state index is -1.50. The molecule has 0 bridgehead atoms. The summed E-state index contributed by atoms with van der Waals surface area (Å²) in [4.78, 5) is 31.3. The molecule has 0 atom stereocenters. The molecule has 1 aromatic heterocycles. The molecule has 10 heteroatoms. The summed E-state index contributed by atoms with van der Waals surface area (Å²) in [6, 6.07) is 4.70. The predicted octanol–water partition coefficient (Wildman–Crippen LogP) is 2.41. The van der Waals surface area contributed by atoms with Gasteiger partial charge in [-0.15, -0.1) is 0 Å². The van der Waals surface area contributed by atoms with Crippen molar-refractivity contribution in [1.82, 2.24) is 0 Å². The van der Waals surface area contributed by atoms with Crippen molar-refractivity contribution in [3.63, 3.8) is 0 Å². The summed E-state index contributed by atoms with van der Waals surface area (Å²) in [6.07, 6.45) is 1.38. The van der Waals surface area contributed by atoms with Crippen LogP contribution in [0.25, 0.3) is 0 Å². The lowest BCUT2D eigenvalue weighted by atomic mass is 10.1. The van der Waals surface area contributed by atoms with E-state index in [1.54, 1.807) is 12.1 Å². The predicted molar refractivity (Wildman–Crippen MR) is 72.7 cm³/mol. The molecule has 10 nitrogen and oxygen atoms in total. The zero-order valence-electron chi connectivity index (χ0n) is 10.9. The average Bonchev–Trinajstić information content (AvgIpc) is 2.96. The number of carboxylic acids is 1. The summed E-state index contributed by atoms with van der Waals surface area (Å²) in [5.41, 5.74) is -2.31. The number of nitrogens with zero attached hydrogens (tertiary/aromatic N) is 2. The summed E-state index contributed by atoms with van der Waals surface area (Å²) in [6.45, 7) is -0.0267. The van der Waals surface area contributed by atoms with Crippen molar-refractivity contribution in [2.45, 2.75) is 6.54 Å². The maximum Gasteiger partial charge on any atom is 0.336 e. The molecular formula is C12H9N3O7. The summed E-state index contributed by atoms with van der Waals surface area (Å²) >= 11 is 0. The first-order valence-electron chi connectivity index (χ1n) is 5.86. The lowest BCUT2D eigenvalue weighted by Gasteiger charge is -2.07. The van der Waals surface area contributed by atoms with Crippen LogP contribution in [0, 0.1) is 20.2 Å². The Hall–Kier alpha value is -3.43. The number of aromatic carboxylic acids is 1. The van der Waals surface area contributed by atoms with Gasteiger partial charge in [0.05, 0.1) is 28.2 Å². The minimum Gasteiger partial charge on any atom is -0.478 e. The van der Waals surface area contributed by atoms with Crippen molar-refractivity contribution in [2.24, 2.45) is 0 Å². The lowest BCUT2D eigenvalue weighted by Crippen LogP contribution is -2.08. The number of nitro benzene ring substituents is 2. The van der Waals surface area contributed by atoms with Gasteiger partial charge in [0.25, 0.3) is 11.4 Å². The van der Waals surface area contributed by atoms with Crippen molar-refractivity contribution in [1.29, 1.82) is 0 Å². The molecule has 2 rings (SSSR count). The number of carboxylic acid groups (broad SMARTS) is 1. The largest absolute Gasteiger partial charge is 0.478 e. The number of furan rings is 1. The van der Waals surface area contributed by atoms with Gasteiger partial charge in [-0.25, -0.2) is 4.79 Å². The fourth-order valence-corrected chi connectivity index (χ4v) is 1.79. The van der Waals surface area contributed by atoms with Crippen molar-refractivity contribution < 1.29 is 24.2 Å². The second kappa shape index (κ2) is 5.91. The summed E-state index contributed by atoms with van der Waals surface area (Å²) in [5.74, 6) is -1.09. The van der Waals surface area contributed by atoms with E-state index >= 15 is 0 Å². The van der Waals surface area contributed by atoms with Crippen LogP contribution in [0.4, 0.5) is 17.1 Å². The van der Waals surface area contributed by atoms with E-state index < -0.39 is 32.8 Å². The number of nitrogens with one attached hydrogen (secondary N) is 1. The van der Waals surface area contributed by atoms with Crippen LogP contribution in [-0.4, -0.2) is 20.9 Å². The van der Waals surface area contributed by atoms with E-state index in [1.807, 2.05) is 0 Å². The first kappa shape index (κ1) is 15.0. The molecule has 0 saturated carbocycles. The van der Waals surface area contributed by atoms with E-state index in [0.29, 0.717) is 5.76 Å². The van der Waals surface area contributed by atoms with Crippen LogP contribution in [-0.2, 0) is 6.54 Å². The van der Waals surface area contributed by atoms with Gasteiger partial charge in [-0.3, -0.25) is 20.2 Å². The minimum absolute atomic E-state index is 0.0267. The molecule has 0 radical (unpaired) electrons. The van der Waals surface area contributed by atoms with Crippen molar-refractivity contribution in [3.05, 3.63) is 62.1 Å². The van der Waals surface area contributed by atoms with Gasteiger partial charge in [0.15, 0.2) is 5.69 Å². The highest BCUT2D eigenvalue weighted by atomic mass is 16.6. The molecule has 1 aromatic carbocycles. The van der Waals surface area contributed by atoms with Gasteiger partial charge in [0, 0.05) is 12.1 Å². The summed E-state index contributed by atoms with van der Waals surface area (Å²) in [5, 5.41) is 33.5. The van der Waals surface area contributed by atoms with Gasteiger partial charge in [0.1, 0.15) is 5.76 Å². The Balaban J connectivity index is 2.50. The molecule has 0 unspecified atom stereocenters. The third-order valence-electron chi connectivity index (χ3n) is 2.76. The van der Waals surface area contributed by atoms with Gasteiger partial charge in [-0.1, -0.05) is 0 Å². The maximum absolute atomic E-state index is 11.1. The SMILES string of the molecule is O=C(O)c1cc([N+](=O)[O-])c(NCc2ccco2)c([N+](=O)[O-])c1. The second-order valence-electron chi connectivity index (χ2n) is 4.14. The monoisotopic (exact) mass is 307 g/mol. The van der Waals surface area contributed by atoms with Crippen LogP contribution in [0.1, 0.15) is 16.1 Å². The summed E-state index contributed by atoms with van der Waals surface area (Å²) < 4.78 is 5.02. The summed E-state index contributed by atoms with van der Waals surface area (Å²) in [7, 11) is 0. The van der Waals surface area contributed by atoms with Crippen LogP contribution in [0.2, 0.25) is 0 Å². The highest BCUT2D eigenvalue weighted by Gasteiger charge is 2.28. The third-order valence-corrected chi connectivity index (χ3v) is 2.76. The molecule has 2 aromatic rings. The Labute approximate surface area is 122 Å². The van der Waals surface area contributed by atoms with Crippen LogP contribution in [0.3, 0.4) is 0 Å². The third kappa shape index (κ3) is 3.00. The molecular weight excluding hydrogens is 298 g/mol. The number of anilines is 1. The fourth-order valence-electron chi connectivity index (χ4n) is 1.79. The van der Waals surface area contributed by atoms with E-state index in [4.69, 9.17) is 9.52 Å². The highest BCUT2D eigenvalue weighted by molar-refractivity contribution is 5.92. The van der Waals surface area contributed by atoms with Gasteiger partial charge in [0.2, 0.25) is 0 Å². The quantitative estimate of drug-likeness (QED) is 0.610. The van der Waals surface area contributed by atoms with Crippen LogP contribution >= 0.6 is 0 Å². The van der Waals surface area contributed by atoms with E-state index in [-0.39, 0.29) is 12.2 Å². The Morgan fingerprint density at radius 1 is 1.23 bits per heavy atom. The van der Waals surface area contributed by atoms with Gasteiger partial charge in [-0.2, -0.15) is 0 Å². The van der Waals surface area contributed by atoms with Crippen molar-refractivity contribution >= 4 is 23.0 Å². The molecule has 0 saturated heterocycles. The molecule has 114 valence electrons. The number of benzene rings is 1. The van der Waals surface area contributed by atoms with E-state index in [2.05, 4.69) is 5.32 Å². The van der Waals surface area contributed by atoms with Gasteiger partial charge >= 0.3 is 5.97 Å². The van der Waals surface area contributed by atoms with Crippen LogP contribution < -0.4 is 5.32 Å². The number of hydrogen-bond donors (Lipinski definition) is 2. The molecule has 0 fully saturated rings. The maximum atomic E-state index is 11.1. The number of nitro groups is 2. The first-order valence-corrected chi connectivity index (χ1v) is 5.86. The van der Waals surface area contributed by atoms with Gasteiger partial charge in [-0.05, 0) is 12.1 Å². The zero-order chi connectivity index (χ0) is 16.3. The Bertz CT molecular complexity index is 704. The van der Waals surface area contributed by atoms with Crippen molar-refractivity contribution in [3.8, 4) is 0 Å². The topological polar surface area (TPSA) is 149 Å². The molecule has 1 heterocycles. The highest BCUT2D eigenvalue weighted by Crippen LogP contribution is 2.36. The molecule has 22 heavy (non-hydrogen) atoms. The Morgan fingerprint density at radius 3 is 2.23 bits per heavy atom. The molecule has 0 amide bonds. The average molecular weight is 307 g/mol. The molecule has 0 spiro atoms. The Kier molecular flexibility index (Phi) is 4.02. The first-order chi connectivity index (χ1) is 10.4. The van der Waals surface area contributed by atoms with Gasteiger partial charge < -0.3 is 14.8 Å². The zero-order valence-corrected chi connectivity index (χ0v) is 10.9. The van der Waals surface area contributed by atoms with Crippen LogP contribution in [0.5, 0.6) is 0 Å². The van der Waals surface area contributed by atoms with E-state index in [0.717, 1.165) is 12.1 Å². The molecule has 0 aliphatic carbocycles. The van der Waals surface area contributed by atoms with Crippen LogP contribution in [0.15, 0.2) is 34.9 Å². The number of hydrogen-bond acceptors (Lipinski definition) is 7.